The Labute approximate surface area is 122 Å². The lowest BCUT2D eigenvalue weighted by Gasteiger charge is -2.04. The first kappa shape index (κ1) is 14.7. The van der Waals surface area contributed by atoms with E-state index < -0.39 is 0 Å². The minimum Gasteiger partial charge on any atom is -0.497 e. The summed E-state index contributed by atoms with van der Waals surface area (Å²) in [6.45, 7) is 3.48. The van der Waals surface area contributed by atoms with E-state index >= 15 is 0 Å². The number of aromatic amines is 1. The normalized spacial score (nSPS) is 11.3. The molecule has 110 valence electrons. The number of hydrogen-bond donors (Lipinski definition) is 2. The molecule has 0 fully saturated rings. The number of methoxy groups -OCH3 is 1. The number of benzene rings is 1. The lowest BCUT2D eigenvalue weighted by molar-refractivity contribution is 0.414. The van der Waals surface area contributed by atoms with E-state index in [9.17, 15) is 4.79 Å². The molecule has 21 heavy (non-hydrogen) atoms. The summed E-state index contributed by atoms with van der Waals surface area (Å²) >= 11 is 0. The monoisotopic (exact) mass is 287 g/mol. The number of H-pyrrole nitrogens is 1. The summed E-state index contributed by atoms with van der Waals surface area (Å²) < 4.78 is 5.11. The molecule has 2 rings (SSSR count). The molecule has 0 aliphatic rings. The molecule has 2 N–H and O–H groups in total. The van der Waals surface area contributed by atoms with Crippen LogP contribution in [0.1, 0.15) is 18.2 Å². The van der Waals surface area contributed by atoms with Gasteiger partial charge >= 0.3 is 0 Å². The van der Waals surface area contributed by atoms with Crippen molar-refractivity contribution in [3.8, 4) is 5.75 Å². The maximum absolute atomic E-state index is 11.4. The van der Waals surface area contributed by atoms with Gasteiger partial charge in [-0.05, 0) is 31.5 Å². The van der Waals surface area contributed by atoms with E-state index in [0.29, 0.717) is 12.1 Å². The molecular weight excluding hydrogens is 270 g/mol. The van der Waals surface area contributed by atoms with E-state index in [1.165, 1.54) is 0 Å². The van der Waals surface area contributed by atoms with Gasteiger partial charge < -0.3 is 4.74 Å². The van der Waals surface area contributed by atoms with Crippen molar-refractivity contribution >= 4 is 11.7 Å². The van der Waals surface area contributed by atoms with Gasteiger partial charge in [-0.3, -0.25) is 9.78 Å². The first-order valence-corrected chi connectivity index (χ1v) is 6.44. The van der Waals surface area contributed by atoms with Gasteiger partial charge in [-0.15, -0.1) is 10.2 Å². The fourth-order valence-corrected chi connectivity index (χ4v) is 1.67. The Morgan fingerprint density at radius 2 is 2.05 bits per heavy atom. The second kappa shape index (κ2) is 6.65. The van der Waals surface area contributed by atoms with Gasteiger partial charge in [0.1, 0.15) is 11.4 Å². The SMILES string of the molecule is COc1ccc(C/C(C)=N\Nc2nnc(C)c(=O)[nH]2)cc1. The molecule has 0 saturated carbocycles. The van der Waals surface area contributed by atoms with E-state index in [0.717, 1.165) is 17.0 Å². The van der Waals surface area contributed by atoms with Crippen LogP contribution in [-0.2, 0) is 6.42 Å². The van der Waals surface area contributed by atoms with Gasteiger partial charge in [0, 0.05) is 12.1 Å². The van der Waals surface area contributed by atoms with Crippen molar-refractivity contribution in [1.82, 2.24) is 15.2 Å². The second-order valence-electron chi connectivity index (χ2n) is 4.57. The van der Waals surface area contributed by atoms with Crippen molar-refractivity contribution in [3.63, 3.8) is 0 Å². The molecule has 0 amide bonds. The van der Waals surface area contributed by atoms with E-state index in [2.05, 4.69) is 25.7 Å². The molecule has 0 radical (unpaired) electrons. The Balaban J connectivity index is 1.99. The van der Waals surface area contributed by atoms with Gasteiger partial charge in [0.2, 0.25) is 5.95 Å². The molecule has 0 spiro atoms. The number of aryl methyl sites for hydroxylation is 1. The van der Waals surface area contributed by atoms with Gasteiger partial charge in [-0.2, -0.15) is 5.10 Å². The molecule has 1 heterocycles. The van der Waals surface area contributed by atoms with Crippen molar-refractivity contribution in [2.75, 3.05) is 12.5 Å². The van der Waals surface area contributed by atoms with Crippen molar-refractivity contribution in [2.24, 2.45) is 5.10 Å². The summed E-state index contributed by atoms with van der Waals surface area (Å²) in [5, 5.41) is 11.7. The average molecular weight is 287 g/mol. The molecule has 1 aromatic heterocycles. The number of rotatable bonds is 5. The third-order valence-corrected chi connectivity index (χ3v) is 2.83. The number of nitrogens with zero attached hydrogens (tertiary/aromatic N) is 3. The molecule has 0 bridgehead atoms. The average Bonchev–Trinajstić information content (AvgIpc) is 2.49. The number of nitrogens with one attached hydrogen (secondary N) is 2. The van der Waals surface area contributed by atoms with Crippen LogP contribution in [0.2, 0.25) is 0 Å². The molecule has 0 unspecified atom stereocenters. The summed E-state index contributed by atoms with van der Waals surface area (Å²) in [6, 6.07) is 7.76. The predicted octanol–water partition coefficient (Wildman–Crippen LogP) is 1.51. The smallest absolute Gasteiger partial charge is 0.274 e. The van der Waals surface area contributed by atoms with Crippen LogP contribution in [0.4, 0.5) is 5.95 Å². The van der Waals surface area contributed by atoms with Crippen LogP contribution < -0.4 is 15.7 Å². The molecule has 0 aliphatic carbocycles. The van der Waals surface area contributed by atoms with Crippen LogP contribution in [0.5, 0.6) is 5.75 Å². The van der Waals surface area contributed by atoms with Gasteiger partial charge in [0.05, 0.1) is 7.11 Å². The highest BCUT2D eigenvalue weighted by atomic mass is 16.5. The van der Waals surface area contributed by atoms with E-state index in [1.807, 2.05) is 31.2 Å². The zero-order valence-corrected chi connectivity index (χ0v) is 12.2. The Hall–Kier alpha value is -2.70. The Morgan fingerprint density at radius 3 is 2.67 bits per heavy atom. The maximum Gasteiger partial charge on any atom is 0.274 e. The number of anilines is 1. The van der Waals surface area contributed by atoms with Crippen molar-refractivity contribution in [1.29, 1.82) is 0 Å². The van der Waals surface area contributed by atoms with Crippen LogP contribution in [0.25, 0.3) is 0 Å². The second-order valence-corrected chi connectivity index (χ2v) is 4.57. The molecule has 0 saturated heterocycles. The third-order valence-electron chi connectivity index (χ3n) is 2.83. The van der Waals surface area contributed by atoms with Crippen molar-refractivity contribution in [2.45, 2.75) is 20.3 Å². The summed E-state index contributed by atoms with van der Waals surface area (Å²) in [7, 11) is 1.63. The Bertz CT molecular complexity index is 691. The third kappa shape index (κ3) is 4.13. The van der Waals surface area contributed by atoms with Crippen LogP contribution in [-0.4, -0.2) is 28.0 Å². The van der Waals surface area contributed by atoms with Crippen molar-refractivity contribution in [3.05, 3.63) is 45.9 Å². The molecule has 7 nitrogen and oxygen atoms in total. The fourth-order valence-electron chi connectivity index (χ4n) is 1.67. The van der Waals surface area contributed by atoms with Crippen LogP contribution in [0.15, 0.2) is 34.2 Å². The highest BCUT2D eigenvalue weighted by Gasteiger charge is 2.00. The topological polar surface area (TPSA) is 92.3 Å². The molecule has 1 aromatic carbocycles. The lowest BCUT2D eigenvalue weighted by Crippen LogP contribution is -2.16. The molecule has 2 aromatic rings. The molecule has 7 heteroatoms. The van der Waals surface area contributed by atoms with Crippen LogP contribution >= 0.6 is 0 Å². The minimum atomic E-state index is -0.282. The standard InChI is InChI=1S/C14H17N5O2/c1-9(8-11-4-6-12(21-3)7-5-11)16-18-14-15-13(20)10(2)17-19-14/h4-7H,8H2,1-3H3,(H2,15,18,19,20)/b16-9-. The molecular formula is C14H17N5O2. The number of hydrogen-bond acceptors (Lipinski definition) is 6. The Kier molecular flexibility index (Phi) is 4.65. The molecule has 0 atom stereocenters. The Morgan fingerprint density at radius 1 is 1.33 bits per heavy atom. The number of ether oxygens (including phenoxy) is 1. The van der Waals surface area contributed by atoms with Gasteiger partial charge in [-0.25, -0.2) is 5.43 Å². The van der Waals surface area contributed by atoms with Gasteiger partial charge in [0.15, 0.2) is 0 Å². The summed E-state index contributed by atoms with van der Waals surface area (Å²) in [5.41, 5.74) is 4.69. The van der Waals surface area contributed by atoms with Gasteiger partial charge in [-0.1, -0.05) is 12.1 Å². The predicted molar refractivity (Wildman–Crippen MR) is 80.8 cm³/mol. The van der Waals surface area contributed by atoms with Gasteiger partial charge in [0.25, 0.3) is 5.56 Å². The van der Waals surface area contributed by atoms with Crippen molar-refractivity contribution < 1.29 is 4.74 Å². The first-order chi connectivity index (χ1) is 10.1. The van der Waals surface area contributed by atoms with Crippen LogP contribution in [0.3, 0.4) is 0 Å². The highest BCUT2D eigenvalue weighted by molar-refractivity contribution is 5.84. The summed E-state index contributed by atoms with van der Waals surface area (Å²) in [6.07, 6.45) is 0.681. The van der Waals surface area contributed by atoms with E-state index in [-0.39, 0.29) is 11.5 Å². The lowest BCUT2D eigenvalue weighted by atomic mass is 10.1. The van der Waals surface area contributed by atoms with E-state index in [4.69, 9.17) is 4.74 Å². The first-order valence-electron chi connectivity index (χ1n) is 6.44. The van der Waals surface area contributed by atoms with Crippen LogP contribution in [0, 0.1) is 6.92 Å². The zero-order valence-electron chi connectivity index (χ0n) is 12.2. The fraction of sp³-hybridized carbons (Fsp3) is 0.286. The summed E-state index contributed by atoms with van der Waals surface area (Å²) in [4.78, 5) is 13.9. The minimum absolute atomic E-state index is 0.222. The highest BCUT2D eigenvalue weighted by Crippen LogP contribution is 2.12. The molecule has 0 aliphatic heterocycles. The van der Waals surface area contributed by atoms with E-state index in [1.54, 1.807) is 14.0 Å². The zero-order chi connectivity index (χ0) is 15.2. The maximum atomic E-state index is 11.4. The number of aromatic nitrogens is 3. The summed E-state index contributed by atoms with van der Waals surface area (Å²) in [5.74, 6) is 1.04. The largest absolute Gasteiger partial charge is 0.497 e. The quantitative estimate of drug-likeness (QED) is 0.642. The number of hydrazone groups is 1.